The van der Waals surface area contributed by atoms with Gasteiger partial charge in [0.25, 0.3) is 0 Å². The molecular weight excluding hydrogens is 232 g/mol. The first kappa shape index (κ1) is 15.0. The van der Waals surface area contributed by atoms with Crippen LogP contribution in [0.5, 0.6) is 0 Å². The first-order valence-electron chi connectivity index (χ1n) is 6.69. The highest BCUT2D eigenvalue weighted by Crippen LogP contribution is 2.27. The van der Waals surface area contributed by atoms with Crippen molar-refractivity contribution in [3.05, 3.63) is 0 Å². The zero-order valence-corrected chi connectivity index (χ0v) is 11.2. The molecule has 104 valence electrons. The molecule has 1 aliphatic rings. The second kappa shape index (κ2) is 7.36. The van der Waals surface area contributed by atoms with Crippen molar-refractivity contribution in [1.29, 1.82) is 0 Å². The molecule has 5 heteroatoms. The van der Waals surface area contributed by atoms with E-state index in [4.69, 9.17) is 5.11 Å². The van der Waals surface area contributed by atoms with Crippen molar-refractivity contribution in [2.24, 2.45) is 11.8 Å². The molecule has 1 atom stereocenters. The summed E-state index contributed by atoms with van der Waals surface area (Å²) in [6, 6.07) is -0.829. The number of rotatable bonds is 6. The monoisotopic (exact) mass is 256 g/mol. The fraction of sp³-hybridized carbons (Fsp3) is 0.846. The molecule has 0 radical (unpaired) electrons. The van der Waals surface area contributed by atoms with E-state index in [1.54, 1.807) is 0 Å². The van der Waals surface area contributed by atoms with Crippen LogP contribution in [-0.2, 0) is 9.59 Å². The second-order valence-corrected chi connectivity index (χ2v) is 5.38. The smallest absolute Gasteiger partial charge is 0.327 e. The maximum atomic E-state index is 10.9. The zero-order valence-electron chi connectivity index (χ0n) is 11.2. The number of carboxylic acid groups (broad SMARTS) is 1. The van der Waals surface area contributed by atoms with Gasteiger partial charge in [-0.3, -0.25) is 4.79 Å². The van der Waals surface area contributed by atoms with Crippen molar-refractivity contribution in [3.63, 3.8) is 0 Å². The van der Waals surface area contributed by atoms with Crippen LogP contribution in [0.2, 0.25) is 0 Å². The van der Waals surface area contributed by atoms with Gasteiger partial charge in [-0.1, -0.05) is 19.8 Å². The summed E-state index contributed by atoms with van der Waals surface area (Å²) >= 11 is 0. The number of amides is 1. The van der Waals surface area contributed by atoms with Crippen LogP contribution in [0, 0.1) is 11.8 Å². The number of aliphatic carboxylic acids is 1. The van der Waals surface area contributed by atoms with Crippen LogP contribution in [0.4, 0.5) is 0 Å². The number of nitrogens with one attached hydrogen (secondary N) is 2. The van der Waals surface area contributed by atoms with Crippen molar-refractivity contribution in [3.8, 4) is 0 Å². The molecule has 1 saturated carbocycles. The molecule has 0 bridgehead atoms. The Morgan fingerprint density at radius 2 is 1.89 bits per heavy atom. The van der Waals surface area contributed by atoms with Gasteiger partial charge < -0.3 is 15.7 Å². The molecule has 1 unspecified atom stereocenters. The predicted octanol–water partition coefficient (Wildman–Crippen LogP) is 0.992. The van der Waals surface area contributed by atoms with Crippen LogP contribution >= 0.6 is 0 Å². The summed E-state index contributed by atoms with van der Waals surface area (Å²) in [4.78, 5) is 21.8. The standard InChI is InChI=1S/C13H24N2O3/c1-9-3-5-11(6-4-9)7-14-8-12(13(17)18)15-10(2)16/h9,11-12,14H,3-8H2,1-2H3,(H,15,16)(H,17,18). The SMILES string of the molecule is CC(=O)NC(CNCC1CCC(C)CC1)C(=O)O. The van der Waals surface area contributed by atoms with Crippen LogP contribution < -0.4 is 10.6 Å². The summed E-state index contributed by atoms with van der Waals surface area (Å²) < 4.78 is 0. The van der Waals surface area contributed by atoms with Crippen molar-refractivity contribution < 1.29 is 14.7 Å². The van der Waals surface area contributed by atoms with E-state index in [0.29, 0.717) is 12.5 Å². The quantitative estimate of drug-likeness (QED) is 0.662. The van der Waals surface area contributed by atoms with E-state index in [0.717, 1.165) is 12.5 Å². The minimum atomic E-state index is -0.991. The van der Waals surface area contributed by atoms with Gasteiger partial charge in [0, 0.05) is 13.5 Å². The normalized spacial score (nSPS) is 25.4. The number of hydrogen-bond acceptors (Lipinski definition) is 3. The van der Waals surface area contributed by atoms with Crippen LogP contribution in [0.25, 0.3) is 0 Å². The number of carbonyl (C=O) groups is 2. The molecule has 1 rings (SSSR count). The Hall–Kier alpha value is -1.10. The van der Waals surface area contributed by atoms with Gasteiger partial charge in [0.1, 0.15) is 6.04 Å². The third kappa shape index (κ3) is 5.49. The second-order valence-electron chi connectivity index (χ2n) is 5.38. The maximum Gasteiger partial charge on any atom is 0.327 e. The predicted molar refractivity (Wildman–Crippen MR) is 69.2 cm³/mol. The third-order valence-corrected chi connectivity index (χ3v) is 3.59. The van der Waals surface area contributed by atoms with Crippen molar-refractivity contribution in [2.45, 2.75) is 45.6 Å². The van der Waals surface area contributed by atoms with Crippen LogP contribution in [0.1, 0.15) is 39.5 Å². The van der Waals surface area contributed by atoms with E-state index < -0.39 is 12.0 Å². The molecule has 0 saturated heterocycles. The minimum absolute atomic E-state index is 0.293. The maximum absolute atomic E-state index is 10.9. The van der Waals surface area contributed by atoms with E-state index in [-0.39, 0.29) is 5.91 Å². The van der Waals surface area contributed by atoms with Crippen molar-refractivity contribution in [2.75, 3.05) is 13.1 Å². The highest BCUT2D eigenvalue weighted by atomic mass is 16.4. The van der Waals surface area contributed by atoms with E-state index in [2.05, 4.69) is 17.6 Å². The summed E-state index contributed by atoms with van der Waals surface area (Å²) in [5, 5.41) is 14.5. The summed E-state index contributed by atoms with van der Waals surface area (Å²) in [5.41, 5.74) is 0. The lowest BCUT2D eigenvalue weighted by Crippen LogP contribution is -2.47. The van der Waals surface area contributed by atoms with E-state index >= 15 is 0 Å². The molecule has 5 nitrogen and oxygen atoms in total. The zero-order chi connectivity index (χ0) is 13.5. The number of carboxylic acids is 1. The Morgan fingerprint density at radius 3 is 2.39 bits per heavy atom. The lowest BCUT2D eigenvalue weighted by Gasteiger charge is -2.26. The molecular formula is C13H24N2O3. The van der Waals surface area contributed by atoms with E-state index in [9.17, 15) is 9.59 Å². The summed E-state index contributed by atoms with van der Waals surface area (Å²) in [6.07, 6.45) is 4.96. The molecule has 1 fully saturated rings. The van der Waals surface area contributed by atoms with Gasteiger partial charge in [-0.2, -0.15) is 0 Å². The van der Waals surface area contributed by atoms with Crippen LogP contribution in [0.15, 0.2) is 0 Å². The van der Waals surface area contributed by atoms with Gasteiger partial charge in [0.05, 0.1) is 0 Å². The average molecular weight is 256 g/mol. The highest BCUT2D eigenvalue weighted by molar-refractivity contribution is 5.82. The third-order valence-electron chi connectivity index (χ3n) is 3.59. The molecule has 0 spiro atoms. The molecule has 1 amide bonds. The molecule has 3 N–H and O–H groups in total. The first-order chi connectivity index (χ1) is 8.49. The summed E-state index contributed by atoms with van der Waals surface area (Å²) in [7, 11) is 0. The van der Waals surface area contributed by atoms with Crippen molar-refractivity contribution >= 4 is 11.9 Å². The van der Waals surface area contributed by atoms with Gasteiger partial charge in [-0.05, 0) is 31.2 Å². The molecule has 0 aromatic carbocycles. The van der Waals surface area contributed by atoms with Gasteiger partial charge in [0.2, 0.25) is 5.91 Å². The fourth-order valence-electron chi connectivity index (χ4n) is 2.41. The van der Waals surface area contributed by atoms with Gasteiger partial charge >= 0.3 is 5.97 Å². The average Bonchev–Trinajstić information content (AvgIpc) is 2.29. The molecule has 0 aliphatic heterocycles. The van der Waals surface area contributed by atoms with E-state index in [1.807, 2.05) is 0 Å². The Balaban J connectivity index is 2.22. The molecule has 0 heterocycles. The molecule has 18 heavy (non-hydrogen) atoms. The Bertz CT molecular complexity index is 286. The molecule has 0 aromatic heterocycles. The largest absolute Gasteiger partial charge is 0.480 e. The van der Waals surface area contributed by atoms with E-state index in [1.165, 1.54) is 32.6 Å². The minimum Gasteiger partial charge on any atom is -0.480 e. The summed E-state index contributed by atoms with van der Waals surface area (Å²) in [6.45, 7) is 4.75. The number of carbonyl (C=O) groups excluding carboxylic acids is 1. The van der Waals surface area contributed by atoms with Gasteiger partial charge in [-0.15, -0.1) is 0 Å². The van der Waals surface area contributed by atoms with Gasteiger partial charge in [0.15, 0.2) is 0 Å². The lowest BCUT2D eigenvalue weighted by atomic mass is 9.83. The van der Waals surface area contributed by atoms with Gasteiger partial charge in [-0.25, -0.2) is 4.79 Å². The number of hydrogen-bond donors (Lipinski definition) is 3. The Kier molecular flexibility index (Phi) is 6.12. The highest BCUT2D eigenvalue weighted by Gasteiger charge is 2.20. The molecule has 1 aliphatic carbocycles. The van der Waals surface area contributed by atoms with Crippen molar-refractivity contribution in [1.82, 2.24) is 10.6 Å². The molecule has 0 aromatic rings. The Labute approximate surface area is 108 Å². The first-order valence-corrected chi connectivity index (χ1v) is 6.69. The lowest BCUT2D eigenvalue weighted by molar-refractivity contribution is -0.141. The fourth-order valence-corrected chi connectivity index (χ4v) is 2.41. The van der Waals surface area contributed by atoms with Crippen LogP contribution in [-0.4, -0.2) is 36.1 Å². The Morgan fingerprint density at radius 1 is 1.28 bits per heavy atom. The topological polar surface area (TPSA) is 78.4 Å². The summed E-state index contributed by atoms with van der Waals surface area (Å²) in [5.74, 6) is 0.172. The van der Waals surface area contributed by atoms with Crippen LogP contribution in [0.3, 0.4) is 0 Å².